The van der Waals surface area contributed by atoms with Gasteiger partial charge in [0.25, 0.3) is 0 Å². The van der Waals surface area contributed by atoms with E-state index in [9.17, 15) is 0 Å². The highest BCUT2D eigenvalue weighted by molar-refractivity contribution is 7.14. The molecule has 0 unspecified atom stereocenters. The van der Waals surface area contributed by atoms with Crippen LogP contribution in [-0.2, 0) is 37.5 Å². The van der Waals surface area contributed by atoms with Crippen LogP contribution in [0.3, 0.4) is 0 Å². The summed E-state index contributed by atoms with van der Waals surface area (Å²) in [4.78, 5) is 31.4. The number of pyridine rings is 3. The van der Waals surface area contributed by atoms with Crippen LogP contribution in [0.4, 0.5) is 0 Å². The number of aryl methyl sites for hydroxylation is 1. The van der Waals surface area contributed by atoms with Gasteiger partial charge in [0.05, 0.1) is 46.0 Å². The van der Waals surface area contributed by atoms with Crippen molar-refractivity contribution in [2.75, 3.05) is 0 Å². The van der Waals surface area contributed by atoms with Gasteiger partial charge in [0.2, 0.25) is 0 Å². The maximum atomic E-state index is 4.58. The molecule has 0 fully saturated rings. The Balaban J connectivity index is 0.000000113. The third-order valence-corrected chi connectivity index (χ3v) is 27.2. The SMILES string of the molecule is Cc1ccnn1-c1cccc(Cc2cc(-c3ccccn3)cc(C(C)(C)C)c2)c1.c1cc(Cc2cccc(-c3nccs3)c2)cc(-c2nccs2)c1.c1ccc(-c2cc(Cc3cc(-c4ccccc4)cc(-c4nccs4)c3)cc(-c3nccs3)c2)cc1.c1ccc(-c2cccc(Cc3cccc(-n4cccn4)c3)c2)nc1.c1ccc(-c2ccnn2-c2cccc(Cc3cccc(-c4ccccn4)c3)c2)cc1. The molecule has 17 heteroatoms. The van der Waals surface area contributed by atoms with Crippen LogP contribution >= 0.6 is 45.3 Å². The molecule has 13 aromatic carbocycles. The highest BCUT2D eigenvalue weighted by Crippen LogP contribution is 2.38. The molecule has 0 bridgehead atoms. The molecule has 141 heavy (non-hydrogen) atoms. The van der Waals surface area contributed by atoms with E-state index in [0.717, 1.165) is 125 Å². The first-order chi connectivity index (χ1) is 69.3. The quantitative estimate of drug-likeness (QED) is 0.0607. The Morgan fingerprint density at radius 3 is 0.979 bits per heavy atom. The van der Waals surface area contributed by atoms with Crippen molar-refractivity contribution in [3.63, 3.8) is 0 Å². The molecule has 0 amide bonds. The van der Waals surface area contributed by atoms with Gasteiger partial charge in [-0.25, -0.2) is 34.0 Å². The fraction of sp³-hybridized carbons (Fsp3) is 0.0806. The zero-order valence-corrected chi connectivity index (χ0v) is 81.9. The fourth-order valence-corrected chi connectivity index (χ4v) is 19.7. The van der Waals surface area contributed by atoms with Crippen LogP contribution in [0.5, 0.6) is 0 Å². The van der Waals surface area contributed by atoms with Crippen LogP contribution < -0.4 is 0 Å². The number of hydrogen-bond donors (Lipinski definition) is 0. The van der Waals surface area contributed by atoms with Crippen molar-refractivity contribution in [3.05, 3.63) is 545 Å². The van der Waals surface area contributed by atoms with Gasteiger partial charge in [-0.2, -0.15) is 15.3 Å². The molecule has 0 aliphatic carbocycles. The Hall–Kier alpha value is -16.5. The number of nitrogens with zero attached hydrogens (tertiary/aromatic N) is 13. The summed E-state index contributed by atoms with van der Waals surface area (Å²) in [5.41, 5.74) is 36.8. The van der Waals surface area contributed by atoms with Gasteiger partial charge in [-0.05, 0) is 280 Å². The van der Waals surface area contributed by atoms with E-state index in [4.69, 9.17) is 0 Å². The third kappa shape index (κ3) is 24.9. The minimum Gasteiger partial charge on any atom is -0.256 e. The molecule has 0 spiro atoms. The predicted octanol–water partition coefficient (Wildman–Crippen LogP) is 31.2. The topological polar surface area (TPSA) is 144 Å². The highest BCUT2D eigenvalue weighted by atomic mass is 32.1. The molecule has 23 aromatic rings. The Bertz CT molecular complexity index is 7710. The average Bonchev–Trinajstić information content (AvgIpc) is 1.77. The number of benzene rings is 13. The summed E-state index contributed by atoms with van der Waals surface area (Å²) in [6.07, 6.45) is 24.8. The maximum absolute atomic E-state index is 4.58. The summed E-state index contributed by atoms with van der Waals surface area (Å²) in [6.45, 7) is 8.85. The summed E-state index contributed by atoms with van der Waals surface area (Å²) < 4.78 is 5.87. The molecular formula is C124H101N13S4. The number of rotatable bonds is 23. The van der Waals surface area contributed by atoms with E-state index >= 15 is 0 Å². The second kappa shape index (κ2) is 45.6. The minimum absolute atomic E-state index is 0.0769. The van der Waals surface area contributed by atoms with E-state index in [1.54, 1.807) is 51.5 Å². The molecule has 0 radical (unpaired) electrons. The van der Waals surface area contributed by atoms with Gasteiger partial charge in [0.1, 0.15) is 20.0 Å². The molecule has 10 aromatic heterocycles. The van der Waals surface area contributed by atoms with Gasteiger partial charge in [-0.15, -0.1) is 45.3 Å². The number of aromatic nitrogens is 13. The number of thiazole rings is 4. The second-order valence-electron chi connectivity index (χ2n) is 35.3. The Morgan fingerprint density at radius 1 is 0.220 bits per heavy atom. The van der Waals surface area contributed by atoms with Crippen LogP contribution in [0.25, 0.3) is 127 Å². The van der Waals surface area contributed by atoms with Gasteiger partial charge in [-0.1, -0.05) is 257 Å². The summed E-state index contributed by atoms with van der Waals surface area (Å²) in [7, 11) is 0. The Morgan fingerprint density at radius 2 is 0.560 bits per heavy atom. The average molecular weight is 1900 g/mol. The predicted molar refractivity (Wildman–Crippen MR) is 584 cm³/mol. The standard InChI is InChI=1S/C31H22N2S2.C27H21N3.C26H27N3.C21H17N3.C19H14N2S2/c1-3-7-24(8-4-1)26-16-22(18-28(20-26)30-32-11-13-34-30)15-23-17-27(25-9-5-2-6-10-25)21-29(19-23)31-33-12-14-35-31;1-2-10-23(11-3-1)27-15-17-29-30(27)25-13-7-9-22(20-25)18-21-8-6-12-24(19-21)26-14-4-5-16-28-26;1-19-11-13-28-29(19)24-9-7-8-20(17-24)14-21-15-22(25-10-5-6-12-27-25)18-23(16-21)26(2,3)4;1-2-11-22-21(10-1)19-8-3-6-17(15-19)14-18-7-4-9-20(16-18)24-13-5-12-23-24;1-3-14(12-16(5-1)18-20-7-9-22-18)11-15-4-2-6-17(13-15)19-21-8-10-23-19/h1-14,16-21H,15H2;1-17,19-20H,18H2;5-13,15-18H,14H2,1-4H3;1-13,15-16H,14H2;1-10,12-13H,11H2. The third-order valence-electron chi connectivity index (χ3n) is 23.9. The van der Waals surface area contributed by atoms with Crippen molar-refractivity contribution in [2.24, 2.45) is 0 Å². The molecule has 13 nitrogen and oxygen atoms in total. The van der Waals surface area contributed by atoms with Crippen molar-refractivity contribution >= 4 is 45.3 Å². The second-order valence-corrected chi connectivity index (χ2v) is 38.8. The summed E-state index contributed by atoms with van der Waals surface area (Å²) >= 11 is 6.70. The van der Waals surface area contributed by atoms with Crippen LogP contribution in [-0.4, -0.2) is 64.2 Å². The van der Waals surface area contributed by atoms with Crippen LogP contribution in [0.1, 0.15) is 87.7 Å². The summed E-state index contributed by atoms with van der Waals surface area (Å²) in [6, 6.07) is 136. The van der Waals surface area contributed by atoms with Crippen LogP contribution in [0.2, 0.25) is 0 Å². The first kappa shape index (κ1) is 93.5. The Labute approximate surface area is 839 Å². The van der Waals surface area contributed by atoms with Crippen molar-refractivity contribution in [1.29, 1.82) is 0 Å². The maximum Gasteiger partial charge on any atom is 0.123 e. The molecule has 0 saturated carbocycles. The zero-order chi connectivity index (χ0) is 95.7. The van der Waals surface area contributed by atoms with Gasteiger partial charge < -0.3 is 0 Å². The lowest BCUT2D eigenvalue weighted by molar-refractivity contribution is 0.589. The van der Waals surface area contributed by atoms with Crippen molar-refractivity contribution in [2.45, 2.75) is 65.2 Å². The summed E-state index contributed by atoms with van der Waals surface area (Å²) in [5, 5.41) is 25.6. The van der Waals surface area contributed by atoms with Crippen LogP contribution in [0.15, 0.2) is 478 Å². The van der Waals surface area contributed by atoms with Crippen molar-refractivity contribution in [3.8, 4) is 127 Å². The lowest BCUT2D eigenvalue weighted by atomic mass is 9.84. The molecule has 23 rings (SSSR count). The highest BCUT2D eigenvalue weighted by Gasteiger charge is 2.20. The molecule has 0 N–H and O–H groups in total. The largest absolute Gasteiger partial charge is 0.256 e. The summed E-state index contributed by atoms with van der Waals surface area (Å²) in [5.74, 6) is 0. The van der Waals surface area contributed by atoms with E-state index in [-0.39, 0.29) is 5.41 Å². The first-order valence-corrected chi connectivity index (χ1v) is 50.5. The van der Waals surface area contributed by atoms with Gasteiger partial charge in [0.15, 0.2) is 0 Å². The van der Waals surface area contributed by atoms with Crippen molar-refractivity contribution < 1.29 is 0 Å². The molecular weight excluding hydrogens is 1800 g/mol. The van der Waals surface area contributed by atoms with E-state index in [0.29, 0.717) is 0 Å². The normalized spacial score (nSPS) is 11.0. The van der Waals surface area contributed by atoms with E-state index in [1.165, 1.54) is 100 Å². The van der Waals surface area contributed by atoms with Crippen LogP contribution in [0, 0.1) is 6.92 Å². The van der Waals surface area contributed by atoms with Crippen molar-refractivity contribution in [1.82, 2.24) is 64.2 Å². The zero-order valence-electron chi connectivity index (χ0n) is 78.6. The molecule has 686 valence electrons. The Kier molecular flexibility index (Phi) is 30.2. The molecule has 10 heterocycles. The van der Waals surface area contributed by atoms with Gasteiger partial charge in [-0.3, -0.25) is 15.0 Å². The van der Waals surface area contributed by atoms with Gasteiger partial charge >= 0.3 is 0 Å². The smallest absolute Gasteiger partial charge is 0.123 e. The molecule has 0 aliphatic rings. The molecule has 0 saturated heterocycles. The van der Waals surface area contributed by atoms with E-state index in [2.05, 4.69) is 399 Å². The molecule has 0 atom stereocenters. The fourth-order valence-electron chi connectivity index (χ4n) is 17.2. The van der Waals surface area contributed by atoms with E-state index < -0.39 is 0 Å². The molecule has 0 aliphatic heterocycles. The number of hydrogen-bond acceptors (Lipinski definition) is 14. The van der Waals surface area contributed by atoms with E-state index in [1.807, 2.05) is 164 Å². The monoisotopic (exact) mass is 1900 g/mol. The lowest BCUT2D eigenvalue weighted by Crippen LogP contribution is -2.12. The lowest BCUT2D eigenvalue weighted by Gasteiger charge is -2.21. The first-order valence-electron chi connectivity index (χ1n) is 47.0. The minimum atomic E-state index is 0.0769. The van der Waals surface area contributed by atoms with Gasteiger partial charge in [0, 0.05) is 134 Å².